The predicted molar refractivity (Wildman–Crippen MR) is 85.8 cm³/mol. The van der Waals surface area contributed by atoms with Crippen LogP contribution in [-0.4, -0.2) is 22.5 Å². The number of benzene rings is 1. The summed E-state index contributed by atoms with van der Waals surface area (Å²) in [6.45, 7) is 2.49. The van der Waals surface area contributed by atoms with Crippen molar-refractivity contribution in [2.24, 2.45) is 5.10 Å². The van der Waals surface area contributed by atoms with Crippen molar-refractivity contribution in [3.05, 3.63) is 41.7 Å². The second-order valence-electron chi connectivity index (χ2n) is 4.86. The number of hydrogen-bond donors (Lipinski definition) is 1. The highest BCUT2D eigenvalue weighted by molar-refractivity contribution is 5.79. The Balaban J connectivity index is 1.86. The Hall–Kier alpha value is -2.81. The van der Waals surface area contributed by atoms with Crippen LogP contribution in [0.4, 0.5) is 5.95 Å². The summed E-state index contributed by atoms with van der Waals surface area (Å²) in [5.41, 5.74) is 7.49. The van der Waals surface area contributed by atoms with Gasteiger partial charge in [-0.05, 0) is 49.6 Å². The topological polar surface area (TPSA) is 89.2 Å². The lowest BCUT2D eigenvalue weighted by Crippen LogP contribution is -1.98. The molecule has 0 unspecified atom stereocenters. The third-order valence-electron chi connectivity index (χ3n) is 3.00. The average Bonchev–Trinajstić information content (AvgIpc) is 2.84. The van der Waals surface area contributed by atoms with E-state index in [4.69, 9.17) is 15.7 Å². The normalized spacial score (nSPS) is 10.7. The molecule has 0 saturated heterocycles. The van der Waals surface area contributed by atoms with Gasteiger partial charge in [0.1, 0.15) is 5.75 Å². The van der Waals surface area contributed by atoms with Crippen molar-refractivity contribution in [1.82, 2.24) is 9.66 Å². The molecule has 0 aliphatic carbocycles. The van der Waals surface area contributed by atoms with Gasteiger partial charge in [-0.15, -0.1) is 0 Å². The molecule has 2 N–H and O–H groups in total. The lowest BCUT2D eigenvalue weighted by molar-refractivity contribution is 0.307. The quantitative estimate of drug-likeness (QED) is 0.628. The first-order valence-electron chi connectivity index (χ1n) is 7.14. The molecule has 2 rings (SSSR count). The Labute approximate surface area is 129 Å². The number of ether oxygens (including phenoxy) is 1. The Morgan fingerprint density at radius 1 is 1.36 bits per heavy atom. The molecule has 22 heavy (non-hydrogen) atoms. The first-order valence-corrected chi connectivity index (χ1v) is 7.14. The van der Waals surface area contributed by atoms with Crippen molar-refractivity contribution in [1.29, 1.82) is 5.26 Å². The molecule has 0 aliphatic heterocycles. The fourth-order valence-corrected chi connectivity index (χ4v) is 1.87. The summed E-state index contributed by atoms with van der Waals surface area (Å²) >= 11 is 0. The van der Waals surface area contributed by atoms with Crippen molar-refractivity contribution in [3.8, 4) is 11.8 Å². The van der Waals surface area contributed by atoms with E-state index in [-0.39, 0.29) is 0 Å². The highest BCUT2D eigenvalue weighted by Crippen LogP contribution is 2.12. The third-order valence-corrected chi connectivity index (χ3v) is 3.00. The summed E-state index contributed by atoms with van der Waals surface area (Å²) in [6.07, 6.45) is 5.82. The molecule has 2 aromatic rings. The SMILES string of the molecule is Cc1cn(N=Cc2ccc(OCCCCC#N)cc2)c(N)n1. The molecule has 1 aromatic carbocycles. The van der Waals surface area contributed by atoms with Gasteiger partial charge in [-0.25, -0.2) is 9.66 Å². The van der Waals surface area contributed by atoms with Gasteiger partial charge in [-0.1, -0.05) is 0 Å². The second kappa shape index (κ2) is 7.84. The first-order chi connectivity index (χ1) is 10.7. The molecule has 0 radical (unpaired) electrons. The number of rotatable bonds is 7. The van der Waals surface area contributed by atoms with Gasteiger partial charge in [0.25, 0.3) is 0 Å². The Morgan fingerprint density at radius 2 is 2.14 bits per heavy atom. The fraction of sp³-hybridized carbons (Fsp3) is 0.312. The van der Waals surface area contributed by atoms with Crippen LogP contribution in [0.15, 0.2) is 35.6 Å². The molecule has 0 bridgehead atoms. The van der Waals surface area contributed by atoms with E-state index in [2.05, 4.69) is 16.2 Å². The molecule has 0 fully saturated rings. The van der Waals surface area contributed by atoms with Crippen LogP contribution >= 0.6 is 0 Å². The maximum atomic E-state index is 8.45. The monoisotopic (exact) mass is 297 g/mol. The lowest BCUT2D eigenvalue weighted by Gasteiger charge is -2.05. The van der Waals surface area contributed by atoms with Gasteiger partial charge in [-0.3, -0.25) is 0 Å². The van der Waals surface area contributed by atoms with Crippen LogP contribution in [0.5, 0.6) is 5.75 Å². The van der Waals surface area contributed by atoms with Crippen molar-refractivity contribution in [2.75, 3.05) is 12.3 Å². The number of imidazole rings is 1. The van der Waals surface area contributed by atoms with Crippen LogP contribution in [0.25, 0.3) is 0 Å². The van der Waals surface area contributed by atoms with Crippen molar-refractivity contribution < 1.29 is 4.74 Å². The van der Waals surface area contributed by atoms with E-state index in [1.54, 1.807) is 12.4 Å². The van der Waals surface area contributed by atoms with E-state index in [9.17, 15) is 0 Å². The van der Waals surface area contributed by atoms with E-state index in [1.165, 1.54) is 4.68 Å². The Bertz CT molecular complexity index is 667. The van der Waals surface area contributed by atoms with Gasteiger partial charge in [0.2, 0.25) is 5.95 Å². The van der Waals surface area contributed by atoms with Crippen LogP contribution in [0.1, 0.15) is 30.5 Å². The Kier molecular flexibility index (Phi) is 5.55. The zero-order valence-corrected chi connectivity index (χ0v) is 12.6. The molecule has 1 aromatic heterocycles. The minimum atomic E-state index is 0.367. The molecule has 6 nitrogen and oxygen atoms in total. The molecule has 1 heterocycles. The maximum absolute atomic E-state index is 8.45. The summed E-state index contributed by atoms with van der Waals surface area (Å²) < 4.78 is 7.14. The van der Waals surface area contributed by atoms with Crippen LogP contribution in [0.3, 0.4) is 0 Å². The standard InChI is InChI=1S/C16H19N5O/c1-13-12-21(16(18)20-13)19-11-14-5-7-15(8-6-14)22-10-4-2-3-9-17/h5-8,11-12H,2-4,10H2,1H3,(H2,18,20). The first kappa shape index (κ1) is 15.6. The predicted octanol–water partition coefficient (Wildman–Crippen LogP) is 2.73. The molecule has 0 aliphatic rings. The van der Waals surface area contributed by atoms with Crippen LogP contribution in [-0.2, 0) is 0 Å². The minimum absolute atomic E-state index is 0.367. The Morgan fingerprint density at radius 3 is 2.77 bits per heavy atom. The van der Waals surface area contributed by atoms with Gasteiger partial charge in [-0.2, -0.15) is 10.4 Å². The summed E-state index contributed by atoms with van der Waals surface area (Å²) in [4.78, 5) is 4.08. The van der Waals surface area contributed by atoms with Gasteiger partial charge in [0.05, 0.1) is 30.8 Å². The third kappa shape index (κ3) is 4.63. The maximum Gasteiger partial charge on any atom is 0.221 e. The lowest BCUT2D eigenvalue weighted by atomic mass is 10.2. The largest absolute Gasteiger partial charge is 0.494 e. The number of aryl methyl sites for hydroxylation is 1. The smallest absolute Gasteiger partial charge is 0.221 e. The zero-order valence-electron chi connectivity index (χ0n) is 12.6. The molecular weight excluding hydrogens is 278 g/mol. The van der Waals surface area contributed by atoms with Crippen LogP contribution in [0, 0.1) is 18.3 Å². The van der Waals surface area contributed by atoms with Crippen LogP contribution in [0.2, 0.25) is 0 Å². The molecule has 0 amide bonds. The molecule has 114 valence electrons. The summed E-state index contributed by atoms with van der Waals surface area (Å²) in [6, 6.07) is 9.76. The number of aromatic nitrogens is 2. The number of nitrogens with two attached hydrogens (primary N) is 1. The summed E-state index contributed by atoms with van der Waals surface area (Å²) in [5.74, 6) is 1.18. The molecule has 0 spiro atoms. The summed E-state index contributed by atoms with van der Waals surface area (Å²) in [7, 11) is 0. The highest BCUT2D eigenvalue weighted by Gasteiger charge is 1.99. The van der Waals surface area contributed by atoms with Gasteiger partial charge in [0, 0.05) is 6.42 Å². The number of nitriles is 1. The van der Waals surface area contributed by atoms with E-state index in [0.29, 0.717) is 19.0 Å². The number of unbranched alkanes of at least 4 members (excludes halogenated alkanes) is 2. The summed E-state index contributed by atoms with van der Waals surface area (Å²) in [5, 5.41) is 12.7. The van der Waals surface area contributed by atoms with E-state index < -0.39 is 0 Å². The fourth-order valence-electron chi connectivity index (χ4n) is 1.87. The number of hydrogen-bond acceptors (Lipinski definition) is 5. The van der Waals surface area contributed by atoms with E-state index >= 15 is 0 Å². The van der Waals surface area contributed by atoms with Crippen molar-refractivity contribution >= 4 is 12.2 Å². The van der Waals surface area contributed by atoms with Crippen LogP contribution < -0.4 is 10.5 Å². The van der Waals surface area contributed by atoms with E-state index in [0.717, 1.165) is 29.8 Å². The van der Waals surface area contributed by atoms with Crippen molar-refractivity contribution in [2.45, 2.75) is 26.2 Å². The second-order valence-corrected chi connectivity index (χ2v) is 4.86. The number of nitrogens with zero attached hydrogens (tertiary/aromatic N) is 4. The van der Waals surface area contributed by atoms with Gasteiger partial charge in [0.15, 0.2) is 0 Å². The number of nitrogen functional groups attached to an aromatic ring is 1. The average molecular weight is 297 g/mol. The molecule has 6 heteroatoms. The zero-order chi connectivity index (χ0) is 15.8. The van der Waals surface area contributed by atoms with E-state index in [1.807, 2.05) is 31.2 Å². The highest BCUT2D eigenvalue weighted by atomic mass is 16.5. The van der Waals surface area contributed by atoms with Gasteiger partial charge >= 0.3 is 0 Å². The minimum Gasteiger partial charge on any atom is -0.494 e. The van der Waals surface area contributed by atoms with Gasteiger partial charge < -0.3 is 10.5 Å². The molecular formula is C16H19N5O. The molecule has 0 saturated carbocycles. The van der Waals surface area contributed by atoms with Crippen molar-refractivity contribution in [3.63, 3.8) is 0 Å². The molecule has 0 atom stereocenters. The number of anilines is 1.